The second-order valence-electron chi connectivity index (χ2n) is 7.38. The van der Waals surface area contributed by atoms with Crippen LogP contribution < -0.4 is 5.32 Å². The lowest BCUT2D eigenvalue weighted by Crippen LogP contribution is -2.27. The van der Waals surface area contributed by atoms with Crippen molar-refractivity contribution < 1.29 is 26.4 Å². The number of rotatable bonds is 7. The van der Waals surface area contributed by atoms with Crippen molar-refractivity contribution in [1.29, 1.82) is 0 Å². The number of carbonyl (C=O) groups is 1. The fourth-order valence-electron chi connectivity index (χ4n) is 2.79. The number of sulfone groups is 1. The number of aryl methyl sites for hydroxylation is 1. The van der Waals surface area contributed by atoms with E-state index in [2.05, 4.69) is 10.3 Å². The van der Waals surface area contributed by atoms with Gasteiger partial charge >= 0.3 is 6.18 Å². The van der Waals surface area contributed by atoms with Crippen LogP contribution in [-0.4, -0.2) is 32.0 Å². The third-order valence-corrected chi connectivity index (χ3v) is 6.42. The second kappa shape index (κ2) is 9.64. The van der Waals surface area contributed by atoms with E-state index in [4.69, 9.17) is 0 Å². The molecule has 9 heteroatoms. The molecule has 31 heavy (non-hydrogen) atoms. The lowest BCUT2D eigenvalue weighted by Gasteiger charge is -2.15. The van der Waals surface area contributed by atoms with Crippen LogP contribution >= 0.6 is 0 Å². The summed E-state index contributed by atoms with van der Waals surface area (Å²) in [5.74, 6) is -1.30. The lowest BCUT2D eigenvalue weighted by atomic mass is 10.1. The first kappa shape index (κ1) is 24.6. The van der Waals surface area contributed by atoms with Gasteiger partial charge in [0, 0.05) is 18.0 Å². The van der Waals surface area contributed by atoms with E-state index in [9.17, 15) is 26.4 Å². The monoisotopic (exact) mass is 454 g/mol. The predicted octanol–water partition coefficient (Wildman–Crippen LogP) is 5.01. The van der Waals surface area contributed by atoms with Crippen LogP contribution in [0.2, 0.25) is 0 Å². The number of hydrogen-bond donors (Lipinski definition) is 1. The minimum Gasteiger partial charge on any atom is -0.348 e. The van der Waals surface area contributed by atoms with Crippen molar-refractivity contribution in [2.45, 2.75) is 45.3 Å². The molecule has 0 fully saturated rings. The van der Waals surface area contributed by atoms with Gasteiger partial charge in [-0.1, -0.05) is 39.0 Å². The Bertz CT molecular complexity index is 1070. The van der Waals surface area contributed by atoms with Gasteiger partial charge in [0.15, 0.2) is 9.84 Å². The summed E-state index contributed by atoms with van der Waals surface area (Å²) in [5.41, 5.74) is 0.567. The molecule has 0 saturated carbocycles. The predicted molar refractivity (Wildman–Crippen MR) is 115 cm³/mol. The molecule has 2 aromatic rings. The third kappa shape index (κ3) is 6.40. The van der Waals surface area contributed by atoms with Crippen molar-refractivity contribution in [3.05, 3.63) is 59.2 Å². The molecule has 0 aliphatic heterocycles. The molecular formula is C22H25F3N2O3S. The first-order valence-corrected chi connectivity index (χ1v) is 11.4. The van der Waals surface area contributed by atoms with E-state index in [1.54, 1.807) is 32.0 Å². The largest absolute Gasteiger partial charge is 0.429 e. The Hall–Kier alpha value is -2.68. The van der Waals surface area contributed by atoms with Crippen LogP contribution in [0.4, 0.5) is 18.9 Å². The maximum atomic E-state index is 13.2. The zero-order chi connectivity index (χ0) is 23.4. The van der Waals surface area contributed by atoms with Gasteiger partial charge in [0.05, 0.1) is 16.3 Å². The molecule has 0 bridgehead atoms. The van der Waals surface area contributed by atoms with Crippen molar-refractivity contribution in [2.24, 2.45) is 10.9 Å². The maximum absolute atomic E-state index is 13.2. The maximum Gasteiger partial charge on any atom is 0.429 e. The fourth-order valence-corrected chi connectivity index (χ4v) is 3.67. The summed E-state index contributed by atoms with van der Waals surface area (Å²) in [7, 11) is -3.30. The lowest BCUT2D eigenvalue weighted by molar-refractivity contribution is -0.0621. The molecule has 5 nitrogen and oxygen atoms in total. The summed E-state index contributed by atoms with van der Waals surface area (Å²) in [5, 5.41) is 2.68. The number of hydrogen-bond acceptors (Lipinski definition) is 4. The number of alkyl halides is 3. The van der Waals surface area contributed by atoms with Gasteiger partial charge in [-0.15, -0.1) is 0 Å². The van der Waals surface area contributed by atoms with E-state index in [1.165, 1.54) is 38.1 Å². The van der Waals surface area contributed by atoms with Gasteiger partial charge in [0.2, 0.25) is 0 Å². The number of nitrogens with zero attached hydrogens (tertiary/aromatic N) is 1. The minimum absolute atomic E-state index is 0.00577. The average molecular weight is 455 g/mol. The fraction of sp³-hybridized carbons (Fsp3) is 0.364. The van der Waals surface area contributed by atoms with E-state index in [-0.39, 0.29) is 28.4 Å². The molecule has 0 unspecified atom stereocenters. The second-order valence-corrected chi connectivity index (χ2v) is 9.66. The van der Waals surface area contributed by atoms with Crippen molar-refractivity contribution in [1.82, 2.24) is 5.32 Å². The molecule has 1 N–H and O–H groups in total. The Kier molecular flexibility index (Phi) is 7.64. The van der Waals surface area contributed by atoms with E-state index < -0.39 is 33.6 Å². The molecule has 0 radical (unpaired) electrons. The average Bonchev–Trinajstić information content (AvgIpc) is 2.70. The Morgan fingerprint density at radius 2 is 1.71 bits per heavy atom. The molecule has 2 rings (SSSR count). The van der Waals surface area contributed by atoms with E-state index in [1.807, 2.05) is 0 Å². The van der Waals surface area contributed by atoms with Crippen LogP contribution in [-0.2, 0) is 16.4 Å². The highest BCUT2D eigenvalue weighted by molar-refractivity contribution is 7.91. The first-order chi connectivity index (χ1) is 14.3. The number of aliphatic imine (C=N–C) groups is 1. The molecule has 0 aromatic heterocycles. The summed E-state index contributed by atoms with van der Waals surface area (Å²) in [6.45, 7) is 6.14. The Balaban J connectivity index is 2.19. The highest BCUT2D eigenvalue weighted by Crippen LogP contribution is 2.28. The smallest absolute Gasteiger partial charge is 0.348 e. The van der Waals surface area contributed by atoms with Crippen LogP contribution in [0.25, 0.3) is 0 Å². The summed E-state index contributed by atoms with van der Waals surface area (Å²) >= 11 is 0. The molecule has 0 aliphatic carbocycles. The van der Waals surface area contributed by atoms with Crippen LogP contribution in [0.15, 0.2) is 52.4 Å². The van der Waals surface area contributed by atoms with Crippen LogP contribution in [0.3, 0.4) is 0 Å². The summed E-state index contributed by atoms with van der Waals surface area (Å²) in [4.78, 5) is 16.5. The van der Waals surface area contributed by atoms with E-state index >= 15 is 0 Å². The highest BCUT2D eigenvalue weighted by atomic mass is 32.2. The van der Waals surface area contributed by atoms with Crippen LogP contribution in [0, 0.1) is 12.8 Å². The van der Waals surface area contributed by atoms with Gasteiger partial charge < -0.3 is 5.32 Å². The number of carbonyl (C=O) groups excluding carboxylic acids is 1. The van der Waals surface area contributed by atoms with Gasteiger partial charge in [-0.3, -0.25) is 4.79 Å². The SMILES string of the molecule is CCS(=O)(=O)c1ccc(CNC(=O)c2ccc(C)c(N=C(C(C)C)C(F)(F)F)c2)cc1. The molecule has 168 valence electrons. The number of nitrogens with one attached hydrogen (secondary N) is 1. The normalized spacial score (nSPS) is 12.8. The van der Waals surface area contributed by atoms with Gasteiger partial charge in [-0.25, -0.2) is 13.4 Å². The third-order valence-electron chi connectivity index (χ3n) is 4.67. The molecule has 0 aliphatic rings. The van der Waals surface area contributed by atoms with E-state index in [0.717, 1.165) is 0 Å². The van der Waals surface area contributed by atoms with Gasteiger partial charge in [0.1, 0.15) is 5.71 Å². The molecular weight excluding hydrogens is 429 g/mol. The molecule has 0 heterocycles. The van der Waals surface area contributed by atoms with Gasteiger partial charge in [-0.2, -0.15) is 13.2 Å². The zero-order valence-corrected chi connectivity index (χ0v) is 18.6. The minimum atomic E-state index is -4.56. The van der Waals surface area contributed by atoms with Crippen molar-refractivity contribution in [3.8, 4) is 0 Å². The summed E-state index contributed by atoms with van der Waals surface area (Å²) < 4.78 is 63.4. The van der Waals surface area contributed by atoms with Crippen molar-refractivity contribution >= 4 is 27.1 Å². The summed E-state index contributed by atoms with van der Waals surface area (Å²) in [6.07, 6.45) is -4.56. The first-order valence-electron chi connectivity index (χ1n) is 9.71. The zero-order valence-electron chi connectivity index (χ0n) is 17.7. The topological polar surface area (TPSA) is 75.6 Å². The molecule has 0 atom stereocenters. The van der Waals surface area contributed by atoms with Crippen molar-refractivity contribution in [3.63, 3.8) is 0 Å². The number of amides is 1. The van der Waals surface area contributed by atoms with Crippen LogP contribution in [0.1, 0.15) is 42.3 Å². The van der Waals surface area contributed by atoms with Crippen LogP contribution in [0.5, 0.6) is 0 Å². The standard InChI is InChI=1S/C22H25F3N2O3S/c1-5-31(29,30)18-10-7-16(8-11-18)13-26-21(28)17-9-6-15(4)19(12-17)27-20(14(2)3)22(23,24)25/h6-12,14H,5,13H2,1-4H3,(H,26,28). The van der Waals surface area contributed by atoms with Gasteiger partial charge in [-0.05, 0) is 42.3 Å². The molecule has 0 saturated heterocycles. The Labute approximate surface area is 180 Å². The molecule has 1 amide bonds. The molecule has 0 spiro atoms. The molecule has 2 aromatic carbocycles. The highest BCUT2D eigenvalue weighted by Gasteiger charge is 2.37. The summed E-state index contributed by atoms with van der Waals surface area (Å²) in [6, 6.07) is 10.6. The Morgan fingerprint density at radius 1 is 1.10 bits per heavy atom. The van der Waals surface area contributed by atoms with Gasteiger partial charge in [0.25, 0.3) is 5.91 Å². The van der Waals surface area contributed by atoms with Crippen molar-refractivity contribution in [2.75, 3.05) is 5.75 Å². The Morgan fingerprint density at radius 3 is 2.23 bits per heavy atom. The number of halogens is 3. The quantitative estimate of drug-likeness (QED) is 0.598. The van der Waals surface area contributed by atoms with E-state index in [0.29, 0.717) is 11.1 Å². The number of benzene rings is 2.